The van der Waals surface area contributed by atoms with Crippen molar-refractivity contribution in [3.63, 3.8) is 0 Å². The van der Waals surface area contributed by atoms with E-state index in [0.29, 0.717) is 11.9 Å². The fraction of sp³-hybridized carbons (Fsp3) is 0.250. The highest BCUT2D eigenvalue weighted by molar-refractivity contribution is 7.16. The lowest BCUT2D eigenvalue weighted by Crippen LogP contribution is -2.03. The molecule has 2 aromatic heterocycles. The molecular weight excluding hydrogens is 268 g/mol. The first-order valence-electron chi connectivity index (χ1n) is 6.83. The highest BCUT2D eigenvalue weighted by Crippen LogP contribution is 2.32. The van der Waals surface area contributed by atoms with E-state index in [1.807, 2.05) is 18.2 Å². The number of hydrogen-bond donors (Lipinski definition) is 0. The maximum absolute atomic E-state index is 5.75. The first kappa shape index (κ1) is 11.9. The van der Waals surface area contributed by atoms with Gasteiger partial charge in [0.1, 0.15) is 4.83 Å². The Hall–Kier alpha value is -1.94. The summed E-state index contributed by atoms with van der Waals surface area (Å²) in [6.07, 6.45) is 2.54. The zero-order valence-electron chi connectivity index (χ0n) is 11.0. The predicted octanol–water partition coefficient (Wildman–Crippen LogP) is 4.15. The van der Waals surface area contributed by atoms with E-state index < -0.39 is 0 Å². The van der Waals surface area contributed by atoms with Crippen LogP contribution >= 0.6 is 11.3 Å². The molecule has 0 atom stereocenters. The van der Waals surface area contributed by atoms with E-state index in [9.17, 15) is 0 Å². The van der Waals surface area contributed by atoms with Crippen LogP contribution in [0, 0.1) is 5.92 Å². The van der Waals surface area contributed by atoms with E-state index >= 15 is 0 Å². The van der Waals surface area contributed by atoms with Crippen LogP contribution in [0.3, 0.4) is 0 Å². The van der Waals surface area contributed by atoms with Gasteiger partial charge in [0.15, 0.2) is 0 Å². The first-order chi connectivity index (χ1) is 9.90. The molecule has 0 radical (unpaired) electrons. The van der Waals surface area contributed by atoms with Crippen LogP contribution in [0.5, 0.6) is 6.01 Å². The lowest BCUT2D eigenvalue weighted by Gasteiger charge is -2.07. The highest BCUT2D eigenvalue weighted by Gasteiger charge is 2.22. The van der Waals surface area contributed by atoms with Crippen molar-refractivity contribution in [2.75, 3.05) is 6.61 Å². The van der Waals surface area contributed by atoms with Gasteiger partial charge < -0.3 is 4.74 Å². The standard InChI is InChI=1S/C16H14N2OS/c1-2-4-12(5-3-1)14-13-8-9-20-15(13)18-16(17-14)19-10-11-6-7-11/h1-5,8-9,11H,6-7,10H2. The fourth-order valence-electron chi connectivity index (χ4n) is 2.19. The minimum absolute atomic E-state index is 0.505. The predicted molar refractivity (Wildman–Crippen MR) is 81.1 cm³/mol. The van der Waals surface area contributed by atoms with Crippen molar-refractivity contribution in [1.29, 1.82) is 0 Å². The number of benzene rings is 1. The Labute approximate surface area is 121 Å². The number of fused-ring (bicyclic) bond motifs is 1. The van der Waals surface area contributed by atoms with Gasteiger partial charge in [-0.1, -0.05) is 30.3 Å². The topological polar surface area (TPSA) is 35.0 Å². The van der Waals surface area contributed by atoms with Crippen LogP contribution in [0.25, 0.3) is 21.5 Å². The molecule has 1 aromatic carbocycles. The maximum atomic E-state index is 5.75. The Morgan fingerprint density at radius 3 is 2.75 bits per heavy atom. The molecule has 100 valence electrons. The van der Waals surface area contributed by atoms with Crippen molar-refractivity contribution in [2.24, 2.45) is 5.92 Å². The summed E-state index contributed by atoms with van der Waals surface area (Å²) < 4.78 is 5.75. The average molecular weight is 282 g/mol. The summed E-state index contributed by atoms with van der Waals surface area (Å²) in [7, 11) is 0. The summed E-state index contributed by atoms with van der Waals surface area (Å²) in [4.78, 5) is 10.1. The number of rotatable bonds is 4. The summed E-state index contributed by atoms with van der Waals surface area (Å²) in [6, 6.07) is 12.8. The van der Waals surface area contributed by atoms with E-state index in [4.69, 9.17) is 4.74 Å². The largest absolute Gasteiger partial charge is 0.463 e. The molecule has 0 spiro atoms. The molecule has 1 aliphatic carbocycles. The summed E-state index contributed by atoms with van der Waals surface area (Å²) in [6.45, 7) is 0.741. The van der Waals surface area contributed by atoms with E-state index in [1.165, 1.54) is 12.8 Å². The Balaban J connectivity index is 1.78. The van der Waals surface area contributed by atoms with E-state index in [0.717, 1.165) is 28.1 Å². The molecule has 0 amide bonds. The molecule has 20 heavy (non-hydrogen) atoms. The Kier molecular flexibility index (Phi) is 2.89. The minimum Gasteiger partial charge on any atom is -0.463 e. The summed E-state index contributed by atoms with van der Waals surface area (Å²) in [5.74, 6) is 0.706. The highest BCUT2D eigenvalue weighted by atomic mass is 32.1. The molecule has 1 saturated carbocycles. The molecule has 0 N–H and O–H groups in total. The van der Waals surface area contributed by atoms with Crippen LogP contribution in [-0.4, -0.2) is 16.6 Å². The van der Waals surface area contributed by atoms with Crippen LogP contribution in [-0.2, 0) is 0 Å². The van der Waals surface area contributed by atoms with Gasteiger partial charge in [-0.2, -0.15) is 9.97 Å². The molecular formula is C16H14N2OS. The molecule has 4 heteroatoms. The van der Waals surface area contributed by atoms with Crippen LogP contribution in [0.15, 0.2) is 41.8 Å². The second kappa shape index (κ2) is 4.87. The zero-order valence-corrected chi connectivity index (χ0v) is 11.8. The van der Waals surface area contributed by atoms with Crippen LogP contribution in [0.1, 0.15) is 12.8 Å². The van der Waals surface area contributed by atoms with Gasteiger partial charge in [-0.25, -0.2) is 0 Å². The molecule has 4 rings (SSSR count). The van der Waals surface area contributed by atoms with Gasteiger partial charge in [0, 0.05) is 10.9 Å². The number of ether oxygens (including phenoxy) is 1. The number of aromatic nitrogens is 2. The van der Waals surface area contributed by atoms with Crippen molar-refractivity contribution in [3.8, 4) is 17.3 Å². The minimum atomic E-state index is 0.505. The van der Waals surface area contributed by atoms with E-state index in [2.05, 4.69) is 33.5 Å². The third kappa shape index (κ3) is 2.27. The zero-order chi connectivity index (χ0) is 13.4. The molecule has 1 fully saturated rings. The average Bonchev–Trinajstić information content (AvgIpc) is 3.21. The Morgan fingerprint density at radius 1 is 1.10 bits per heavy atom. The Bertz CT molecular complexity index is 735. The normalized spacial score (nSPS) is 14.6. The van der Waals surface area contributed by atoms with Crippen molar-refractivity contribution >= 4 is 21.6 Å². The van der Waals surface area contributed by atoms with Gasteiger partial charge in [0.2, 0.25) is 0 Å². The van der Waals surface area contributed by atoms with E-state index in [-0.39, 0.29) is 0 Å². The summed E-state index contributed by atoms with van der Waals surface area (Å²) in [5, 5.41) is 3.15. The van der Waals surface area contributed by atoms with Crippen LogP contribution in [0.2, 0.25) is 0 Å². The molecule has 0 unspecified atom stereocenters. The molecule has 0 bridgehead atoms. The van der Waals surface area contributed by atoms with Gasteiger partial charge in [0.25, 0.3) is 0 Å². The van der Waals surface area contributed by atoms with Gasteiger partial charge in [-0.15, -0.1) is 11.3 Å². The van der Waals surface area contributed by atoms with Gasteiger partial charge >= 0.3 is 6.01 Å². The molecule has 0 aliphatic heterocycles. The van der Waals surface area contributed by atoms with E-state index in [1.54, 1.807) is 11.3 Å². The second-order valence-corrected chi connectivity index (χ2v) is 6.01. The van der Waals surface area contributed by atoms with Crippen molar-refractivity contribution in [1.82, 2.24) is 9.97 Å². The van der Waals surface area contributed by atoms with Gasteiger partial charge in [0.05, 0.1) is 12.3 Å². The van der Waals surface area contributed by atoms with Crippen molar-refractivity contribution in [2.45, 2.75) is 12.8 Å². The molecule has 3 nitrogen and oxygen atoms in total. The SMILES string of the molecule is c1ccc(-c2nc(OCC3CC3)nc3sccc23)cc1. The molecule has 2 heterocycles. The first-order valence-corrected chi connectivity index (χ1v) is 7.71. The number of thiophene rings is 1. The Morgan fingerprint density at radius 2 is 1.95 bits per heavy atom. The fourth-order valence-corrected chi connectivity index (χ4v) is 2.95. The number of hydrogen-bond acceptors (Lipinski definition) is 4. The molecule has 1 aliphatic rings. The van der Waals surface area contributed by atoms with Crippen LogP contribution in [0.4, 0.5) is 0 Å². The third-order valence-electron chi connectivity index (χ3n) is 3.50. The number of nitrogens with zero attached hydrogens (tertiary/aromatic N) is 2. The lowest BCUT2D eigenvalue weighted by atomic mass is 10.1. The third-order valence-corrected chi connectivity index (χ3v) is 4.30. The molecule has 3 aromatic rings. The van der Waals surface area contributed by atoms with Crippen molar-refractivity contribution in [3.05, 3.63) is 41.8 Å². The van der Waals surface area contributed by atoms with Gasteiger partial charge in [-0.05, 0) is 30.2 Å². The monoisotopic (exact) mass is 282 g/mol. The van der Waals surface area contributed by atoms with Gasteiger partial charge in [-0.3, -0.25) is 0 Å². The summed E-state index contributed by atoms with van der Waals surface area (Å²) >= 11 is 1.63. The summed E-state index contributed by atoms with van der Waals surface area (Å²) in [5.41, 5.74) is 2.07. The lowest BCUT2D eigenvalue weighted by molar-refractivity contribution is 0.278. The second-order valence-electron chi connectivity index (χ2n) is 5.11. The molecule has 0 saturated heterocycles. The van der Waals surface area contributed by atoms with Crippen molar-refractivity contribution < 1.29 is 4.74 Å². The maximum Gasteiger partial charge on any atom is 0.318 e. The van der Waals surface area contributed by atoms with Crippen LogP contribution < -0.4 is 4.74 Å². The smallest absolute Gasteiger partial charge is 0.318 e. The quantitative estimate of drug-likeness (QED) is 0.721.